The lowest BCUT2D eigenvalue weighted by molar-refractivity contribution is 0.0656. The molecule has 6 nitrogen and oxygen atoms in total. The van der Waals surface area contributed by atoms with E-state index in [4.69, 9.17) is 10.8 Å². The topological polar surface area (TPSA) is 91.5 Å². The molecule has 1 aliphatic heterocycles. The molecule has 2 heterocycles. The molecule has 4 N–H and O–H groups in total. The van der Waals surface area contributed by atoms with Gasteiger partial charge in [0, 0.05) is 25.7 Å². The summed E-state index contributed by atoms with van der Waals surface area (Å²) in [6.07, 6.45) is 1.69. The molecule has 20 heavy (non-hydrogen) atoms. The SMILES string of the molecule is CC(C)Nc1nc(N)c(C(=O)N2CCC(CO)CC2)s1. The quantitative estimate of drug-likeness (QED) is 0.781. The third-order valence-corrected chi connectivity index (χ3v) is 4.41. The number of thiazole rings is 1. The fourth-order valence-corrected chi connectivity index (χ4v) is 3.25. The highest BCUT2D eigenvalue weighted by Gasteiger charge is 2.26. The monoisotopic (exact) mass is 298 g/mol. The maximum absolute atomic E-state index is 12.4. The van der Waals surface area contributed by atoms with Crippen LogP contribution < -0.4 is 11.1 Å². The molecule has 0 unspecified atom stereocenters. The number of nitrogens with one attached hydrogen (secondary N) is 1. The van der Waals surface area contributed by atoms with E-state index in [2.05, 4.69) is 10.3 Å². The summed E-state index contributed by atoms with van der Waals surface area (Å²) >= 11 is 1.31. The Morgan fingerprint density at radius 2 is 2.20 bits per heavy atom. The van der Waals surface area contributed by atoms with Crippen molar-refractivity contribution in [2.24, 2.45) is 5.92 Å². The Balaban J connectivity index is 2.04. The number of aliphatic hydroxyl groups is 1. The van der Waals surface area contributed by atoms with Gasteiger partial charge in [0.1, 0.15) is 10.7 Å². The van der Waals surface area contributed by atoms with Gasteiger partial charge in [-0.2, -0.15) is 0 Å². The highest BCUT2D eigenvalue weighted by molar-refractivity contribution is 7.18. The number of aromatic nitrogens is 1. The van der Waals surface area contributed by atoms with Crippen LogP contribution in [0.15, 0.2) is 0 Å². The zero-order valence-electron chi connectivity index (χ0n) is 11.9. The van der Waals surface area contributed by atoms with Gasteiger partial charge in [-0.15, -0.1) is 0 Å². The third kappa shape index (κ3) is 3.40. The average molecular weight is 298 g/mol. The first-order valence-electron chi connectivity index (χ1n) is 6.94. The molecule has 0 saturated carbocycles. The van der Waals surface area contributed by atoms with Crippen LogP contribution in [0.3, 0.4) is 0 Å². The van der Waals surface area contributed by atoms with Crippen molar-refractivity contribution in [2.45, 2.75) is 32.7 Å². The Hall–Kier alpha value is -1.34. The van der Waals surface area contributed by atoms with Crippen molar-refractivity contribution < 1.29 is 9.90 Å². The normalized spacial score (nSPS) is 16.7. The predicted molar refractivity (Wildman–Crippen MR) is 81.0 cm³/mol. The molecule has 1 amide bonds. The Morgan fingerprint density at radius 1 is 1.55 bits per heavy atom. The van der Waals surface area contributed by atoms with Crippen LogP contribution >= 0.6 is 11.3 Å². The minimum atomic E-state index is -0.0480. The number of amides is 1. The fourth-order valence-electron chi connectivity index (χ4n) is 2.26. The van der Waals surface area contributed by atoms with Gasteiger partial charge < -0.3 is 21.1 Å². The van der Waals surface area contributed by atoms with E-state index in [0.29, 0.717) is 34.8 Å². The summed E-state index contributed by atoms with van der Waals surface area (Å²) in [7, 11) is 0. The van der Waals surface area contributed by atoms with Gasteiger partial charge in [0.25, 0.3) is 5.91 Å². The van der Waals surface area contributed by atoms with Crippen LogP contribution in [0.5, 0.6) is 0 Å². The molecule has 0 bridgehead atoms. The summed E-state index contributed by atoms with van der Waals surface area (Å²) in [6, 6.07) is 0.254. The number of aliphatic hydroxyl groups excluding tert-OH is 1. The van der Waals surface area contributed by atoms with E-state index in [-0.39, 0.29) is 18.6 Å². The van der Waals surface area contributed by atoms with Crippen molar-refractivity contribution in [1.29, 1.82) is 0 Å². The predicted octanol–water partition coefficient (Wildman–Crippen LogP) is 1.39. The van der Waals surface area contributed by atoms with Crippen molar-refractivity contribution >= 4 is 28.2 Å². The van der Waals surface area contributed by atoms with E-state index in [9.17, 15) is 4.79 Å². The first kappa shape index (κ1) is 15.1. The number of carbonyl (C=O) groups is 1. The van der Waals surface area contributed by atoms with Crippen molar-refractivity contribution in [2.75, 3.05) is 30.7 Å². The molecule has 1 saturated heterocycles. The van der Waals surface area contributed by atoms with Gasteiger partial charge >= 0.3 is 0 Å². The third-order valence-electron chi connectivity index (χ3n) is 3.42. The van der Waals surface area contributed by atoms with Crippen LogP contribution in [-0.4, -0.2) is 46.6 Å². The van der Waals surface area contributed by atoms with Crippen LogP contribution in [0, 0.1) is 5.92 Å². The Labute approximate surface area is 123 Å². The van der Waals surface area contributed by atoms with Gasteiger partial charge in [0.2, 0.25) is 0 Å². The van der Waals surface area contributed by atoms with Gasteiger partial charge in [-0.25, -0.2) is 4.98 Å². The van der Waals surface area contributed by atoms with Crippen LogP contribution in [0.4, 0.5) is 10.9 Å². The summed E-state index contributed by atoms with van der Waals surface area (Å²) in [6.45, 7) is 5.58. The molecule has 2 rings (SSSR count). The van der Waals surface area contributed by atoms with E-state index in [1.54, 1.807) is 4.90 Å². The van der Waals surface area contributed by atoms with Gasteiger partial charge in [0.05, 0.1) is 0 Å². The van der Waals surface area contributed by atoms with Crippen molar-refractivity contribution in [1.82, 2.24) is 9.88 Å². The molecule has 1 aliphatic rings. The second-order valence-electron chi connectivity index (χ2n) is 5.45. The highest BCUT2D eigenvalue weighted by atomic mass is 32.1. The summed E-state index contributed by atoms with van der Waals surface area (Å²) in [5.74, 6) is 0.566. The van der Waals surface area contributed by atoms with E-state index in [1.165, 1.54) is 11.3 Å². The summed E-state index contributed by atoms with van der Waals surface area (Å²) in [5.41, 5.74) is 5.85. The molecule has 1 aromatic heterocycles. The van der Waals surface area contributed by atoms with Crippen LogP contribution in [-0.2, 0) is 0 Å². The smallest absolute Gasteiger partial charge is 0.267 e. The molecular weight excluding hydrogens is 276 g/mol. The number of piperidine rings is 1. The number of likely N-dealkylation sites (tertiary alicyclic amines) is 1. The lowest BCUT2D eigenvalue weighted by Crippen LogP contribution is -2.39. The Bertz CT molecular complexity index is 467. The maximum atomic E-state index is 12.4. The zero-order valence-corrected chi connectivity index (χ0v) is 12.7. The minimum Gasteiger partial charge on any atom is -0.396 e. The Morgan fingerprint density at radius 3 is 2.75 bits per heavy atom. The summed E-state index contributed by atoms with van der Waals surface area (Å²) < 4.78 is 0. The number of carbonyl (C=O) groups excluding carboxylic acids is 1. The first-order chi connectivity index (χ1) is 9.51. The number of rotatable bonds is 4. The highest BCUT2D eigenvalue weighted by Crippen LogP contribution is 2.28. The molecule has 0 aromatic carbocycles. The van der Waals surface area contributed by atoms with Gasteiger partial charge in [-0.05, 0) is 32.6 Å². The number of nitrogens with zero attached hydrogens (tertiary/aromatic N) is 2. The second kappa shape index (κ2) is 6.41. The number of nitrogen functional groups attached to an aromatic ring is 1. The number of hydrogen-bond acceptors (Lipinski definition) is 6. The molecule has 112 valence electrons. The van der Waals surface area contributed by atoms with E-state index < -0.39 is 0 Å². The lowest BCUT2D eigenvalue weighted by Gasteiger charge is -2.30. The molecule has 0 aliphatic carbocycles. The van der Waals surface area contributed by atoms with E-state index in [0.717, 1.165) is 12.8 Å². The van der Waals surface area contributed by atoms with Crippen molar-refractivity contribution in [3.05, 3.63) is 4.88 Å². The molecule has 0 atom stereocenters. The fraction of sp³-hybridized carbons (Fsp3) is 0.692. The van der Waals surface area contributed by atoms with Gasteiger partial charge in [0.15, 0.2) is 5.13 Å². The molecular formula is C13H22N4O2S. The molecule has 0 spiro atoms. The van der Waals surface area contributed by atoms with Gasteiger partial charge in [-0.1, -0.05) is 11.3 Å². The van der Waals surface area contributed by atoms with Gasteiger partial charge in [-0.3, -0.25) is 4.79 Å². The second-order valence-corrected chi connectivity index (χ2v) is 6.45. The largest absolute Gasteiger partial charge is 0.396 e. The molecule has 7 heteroatoms. The zero-order chi connectivity index (χ0) is 14.7. The lowest BCUT2D eigenvalue weighted by atomic mass is 9.98. The summed E-state index contributed by atoms with van der Waals surface area (Å²) in [4.78, 5) is 18.9. The first-order valence-corrected chi connectivity index (χ1v) is 7.76. The Kier molecular flexibility index (Phi) is 4.82. The maximum Gasteiger partial charge on any atom is 0.267 e. The number of hydrogen-bond donors (Lipinski definition) is 3. The summed E-state index contributed by atoms with van der Waals surface area (Å²) in [5, 5.41) is 13.0. The number of nitrogens with two attached hydrogens (primary N) is 1. The standard InChI is InChI=1S/C13H22N4O2S/c1-8(2)15-13-16-11(14)10(20-13)12(19)17-5-3-9(7-18)4-6-17/h8-9,18H,3-7,14H2,1-2H3,(H,15,16). The average Bonchev–Trinajstić information content (AvgIpc) is 2.78. The molecule has 0 radical (unpaired) electrons. The van der Waals surface area contributed by atoms with E-state index in [1.807, 2.05) is 13.8 Å². The molecule has 1 fully saturated rings. The van der Waals surface area contributed by atoms with Crippen LogP contribution in [0.2, 0.25) is 0 Å². The molecule has 1 aromatic rings. The van der Waals surface area contributed by atoms with Crippen molar-refractivity contribution in [3.63, 3.8) is 0 Å². The van der Waals surface area contributed by atoms with Crippen molar-refractivity contribution in [3.8, 4) is 0 Å². The van der Waals surface area contributed by atoms with E-state index >= 15 is 0 Å². The van der Waals surface area contributed by atoms with Crippen LogP contribution in [0.25, 0.3) is 0 Å². The minimum absolute atomic E-state index is 0.0480. The number of anilines is 2. The van der Waals surface area contributed by atoms with Crippen LogP contribution in [0.1, 0.15) is 36.4 Å².